The second-order valence-electron chi connectivity index (χ2n) is 9.42. The Balaban J connectivity index is 1.45. The summed E-state index contributed by atoms with van der Waals surface area (Å²) in [5, 5.41) is 0. The third kappa shape index (κ3) is 7.28. The minimum absolute atomic E-state index is 0.208. The molecule has 1 aliphatic heterocycles. The standard InChI is InChI=1S/C26H36N2O3/c1-20-6-10-24(11-7-20)30-17-12-22-8-9-23(21(2)18-22)19-27-13-15-28(16-14-27)25(29)31-26(3,4)5/h6-11,18H,12-17,19H2,1-5H3. The van der Waals surface area contributed by atoms with Crippen LogP contribution in [0.5, 0.6) is 5.75 Å². The molecular weight excluding hydrogens is 388 g/mol. The minimum Gasteiger partial charge on any atom is -0.493 e. The fourth-order valence-corrected chi connectivity index (χ4v) is 3.67. The van der Waals surface area contributed by atoms with Crippen molar-refractivity contribution in [3.63, 3.8) is 0 Å². The number of carbonyl (C=O) groups is 1. The summed E-state index contributed by atoms with van der Waals surface area (Å²) < 4.78 is 11.4. The van der Waals surface area contributed by atoms with E-state index < -0.39 is 5.60 Å². The highest BCUT2D eigenvalue weighted by Crippen LogP contribution is 2.18. The molecule has 1 fully saturated rings. The first-order chi connectivity index (χ1) is 14.7. The van der Waals surface area contributed by atoms with Crippen LogP contribution in [0.1, 0.15) is 43.0 Å². The highest BCUT2D eigenvalue weighted by molar-refractivity contribution is 5.68. The van der Waals surface area contributed by atoms with E-state index in [-0.39, 0.29) is 6.09 Å². The molecule has 1 heterocycles. The summed E-state index contributed by atoms with van der Waals surface area (Å²) in [6, 6.07) is 14.9. The van der Waals surface area contributed by atoms with Crippen molar-refractivity contribution in [3.8, 4) is 5.75 Å². The molecule has 0 N–H and O–H groups in total. The first-order valence-corrected chi connectivity index (χ1v) is 11.2. The van der Waals surface area contributed by atoms with Crippen LogP contribution in [0.4, 0.5) is 4.79 Å². The average molecular weight is 425 g/mol. The van der Waals surface area contributed by atoms with Crippen LogP contribution in [-0.2, 0) is 17.7 Å². The number of piperazine rings is 1. The molecule has 5 heteroatoms. The Morgan fingerprint density at radius 1 is 0.968 bits per heavy atom. The number of benzene rings is 2. The van der Waals surface area contributed by atoms with Gasteiger partial charge in [0.15, 0.2) is 0 Å². The Morgan fingerprint density at radius 3 is 2.26 bits per heavy atom. The van der Waals surface area contributed by atoms with Crippen LogP contribution < -0.4 is 4.74 Å². The number of hydrogen-bond donors (Lipinski definition) is 0. The maximum atomic E-state index is 12.2. The van der Waals surface area contributed by atoms with Crippen LogP contribution in [0.15, 0.2) is 42.5 Å². The lowest BCUT2D eigenvalue weighted by molar-refractivity contribution is 0.0139. The number of nitrogens with zero attached hydrogens (tertiary/aromatic N) is 2. The van der Waals surface area contributed by atoms with E-state index in [1.807, 2.05) is 37.8 Å². The van der Waals surface area contributed by atoms with Gasteiger partial charge in [0.2, 0.25) is 0 Å². The summed E-state index contributed by atoms with van der Waals surface area (Å²) in [6.45, 7) is 14.7. The highest BCUT2D eigenvalue weighted by atomic mass is 16.6. The molecule has 1 aliphatic rings. The first-order valence-electron chi connectivity index (χ1n) is 11.2. The van der Waals surface area contributed by atoms with Crippen molar-refractivity contribution in [2.24, 2.45) is 0 Å². The van der Waals surface area contributed by atoms with Crippen LogP contribution in [0.2, 0.25) is 0 Å². The van der Waals surface area contributed by atoms with Gasteiger partial charge >= 0.3 is 6.09 Å². The van der Waals surface area contributed by atoms with E-state index in [1.165, 1.54) is 22.3 Å². The summed E-state index contributed by atoms with van der Waals surface area (Å²) >= 11 is 0. The Bertz CT molecular complexity index is 863. The van der Waals surface area contributed by atoms with Gasteiger partial charge in [0.25, 0.3) is 0 Å². The van der Waals surface area contributed by atoms with Crippen LogP contribution in [0, 0.1) is 13.8 Å². The van der Waals surface area contributed by atoms with Gasteiger partial charge in [-0.25, -0.2) is 4.79 Å². The van der Waals surface area contributed by atoms with E-state index in [0.29, 0.717) is 19.7 Å². The van der Waals surface area contributed by atoms with E-state index in [2.05, 4.69) is 49.1 Å². The zero-order valence-corrected chi connectivity index (χ0v) is 19.6. The molecule has 0 aliphatic carbocycles. The van der Waals surface area contributed by atoms with Crippen molar-refractivity contribution in [1.82, 2.24) is 9.80 Å². The Hall–Kier alpha value is -2.53. The van der Waals surface area contributed by atoms with Crippen LogP contribution in [0.25, 0.3) is 0 Å². The van der Waals surface area contributed by atoms with Crippen LogP contribution in [0.3, 0.4) is 0 Å². The van der Waals surface area contributed by atoms with Crippen molar-refractivity contribution in [1.29, 1.82) is 0 Å². The van der Waals surface area contributed by atoms with Gasteiger partial charge in [-0.15, -0.1) is 0 Å². The quantitative estimate of drug-likeness (QED) is 0.656. The van der Waals surface area contributed by atoms with Crippen molar-refractivity contribution in [2.75, 3.05) is 32.8 Å². The van der Waals surface area contributed by atoms with Gasteiger partial charge in [0.05, 0.1) is 6.61 Å². The Kier molecular flexibility index (Phi) is 7.60. The number of rotatable bonds is 6. The molecular formula is C26H36N2O3. The number of aryl methyl sites for hydroxylation is 2. The van der Waals surface area contributed by atoms with Crippen molar-refractivity contribution >= 4 is 6.09 Å². The van der Waals surface area contributed by atoms with Gasteiger partial charge in [0.1, 0.15) is 11.4 Å². The zero-order valence-electron chi connectivity index (χ0n) is 19.6. The number of hydrogen-bond acceptors (Lipinski definition) is 4. The van der Waals surface area contributed by atoms with Crippen LogP contribution in [-0.4, -0.2) is 54.3 Å². The minimum atomic E-state index is -0.446. The normalized spacial score (nSPS) is 15.1. The molecule has 1 saturated heterocycles. The molecule has 0 radical (unpaired) electrons. The molecule has 5 nitrogen and oxygen atoms in total. The molecule has 0 bridgehead atoms. The number of amides is 1. The number of carbonyl (C=O) groups excluding carboxylic acids is 1. The lowest BCUT2D eigenvalue weighted by atomic mass is 10.0. The molecule has 2 aromatic rings. The second kappa shape index (κ2) is 10.2. The molecule has 168 valence electrons. The summed E-state index contributed by atoms with van der Waals surface area (Å²) in [4.78, 5) is 16.5. The van der Waals surface area contributed by atoms with Crippen molar-refractivity contribution in [3.05, 3.63) is 64.7 Å². The largest absolute Gasteiger partial charge is 0.493 e. The predicted molar refractivity (Wildman–Crippen MR) is 125 cm³/mol. The molecule has 0 atom stereocenters. The SMILES string of the molecule is Cc1ccc(OCCc2ccc(CN3CCN(C(=O)OC(C)(C)C)CC3)c(C)c2)cc1. The van der Waals surface area contributed by atoms with Gasteiger partial charge in [-0.1, -0.05) is 35.9 Å². The monoisotopic (exact) mass is 424 g/mol. The zero-order chi connectivity index (χ0) is 22.4. The topological polar surface area (TPSA) is 42.0 Å². The fraction of sp³-hybridized carbons (Fsp3) is 0.500. The molecule has 3 rings (SSSR count). The van der Waals surface area contributed by atoms with Gasteiger partial charge < -0.3 is 14.4 Å². The molecule has 31 heavy (non-hydrogen) atoms. The second-order valence-corrected chi connectivity index (χ2v) is 9.42. The molecule has 0 aromatic heterocycles. The van der Waals surface area contributed by atoms with Gasteiger partial charge in [-0.2, -0.15) is 0 Å². The average Bonchev–Trinajstić information content (AvgIpc) is 2.71. The maximum Gasteiger partial charge on any atom is 0.410 e. The third-order valence-corrected chi connectivity index (χ3v) is 5.51. The molecule has 0 spiro atoms. The van der Waals surface area contributed by atoms with E-state index in [9.17, 15) is 4.79 Å². The Morgan fingerprint density at radius 2 is 1.65 bits per heavy atom. The van der Waals surface area contributed by atoms with Gasteiger partial charge in [-0.05, 0) is 63.4 Å². The lowest BCUT2D eigenvalue weighted by Gasteiger charge is -2.35. The fourth-order valence-electron chi connectivity index (χ4n) is 3.67. The third-order valence-electron chi connectivity index (χ3n) is 5.51. The highest BCUT2D eigenvalue weighted by Gasteiger charge is 2.25. The summed E-state index contributed by atoms with van der Waals surface area (Å²) in [5.74, 6) is 0.921. The molecule has 1 amide bonds. The smallest absolute Gasteiger partial charge is 0.410 e. The van der Waals surface area contributed by atoms with Crippen molar-refractivity contribution in [2.45, 2.75) is 53.2 Å². The van der Waals surface area contributed by atoms with Crippen LogP contribution >= 0.6 is 0 Å². The maximum absolute atomic E-state index is 12.2. The van der Waals surface area contributed by atoms with E-state index in [0.717, 1.165) is 31.8 Å². The molecule has 2 aromatic carbocycles. The Labute approximate surface area is 187 Å². The summed E-state index contributed by atoms with van der Waals surface area (Å²) in [7, 11) is 0. The first kappa shape index (κ1) is 23.1. The molecule has 0 unspecified atom stereocenters. The van der Waals surface area contributed by atoms with Gasteiger partial charge in [0, 0.05) is 39.1 Å². The molecule has 0 saturated carbocycles. The number of ether oxygens (including phenoxy) is 2. The van der Waals surface area contributed by atoms with E-state index in [4.69, 9.17) is 9.47 Å². The summed E-state index contributed by atoms with van der Waals surface area (Å²) in [6.07, 6.45) is 0.685. The predicted octanol–water partition coefficient (Wildman–Crippen LogP) is 4.98. The van der Waals surface area contributed by atoms with E-state index >= 15 is 0 Å². The van der Waals surface area contributed by atoms with Crippen molar-refractivity contribution < 1.29 is 14.3 Å². The summed E-state index contributed by atoms with van der Waals surface area (Å²) in [5.41, 5.74) is 4.74. The van der Waals surface area contributed by atoms with E-state index in [1.54, 1.807) is 0 Å². The lowest BCUT2D eigenvalue weighted by Crippen LogP contribution is -2.49. The van der Waals surface area contributed by atoms with Gasteiger partial charge in [-0.3, -0.25) is 4.90 Å².